The molecule has 2 aromatic carbocycles. The molecular weight excluding hydrogens is 379 g/mol. The highest BCUT2D eigenvalue weighted by Gasteiger charge is 2.12. The van der Waals surface area contributed by atoms with Crippen LogP contribution >= 0.6 is 11.3 Å². The van der Waals surface area contributed by atoms with Gasteiger partial charge in [0, 0.05) is 18.7 Å². The van der Waals surface area contributed by atoms with Crippen molar-refractivity contribution in [3.63, 3.8) is 0 Å². The van der Waals surface area contributed by atoms with Gasteiger partial charge in [-0.15, -0.1) is 0 Å². The van der Waals surface area contributed by atoms with Gasteiger partial charge in [-0.2, -0.15) is 4.99 Å². The maximum Gasteiger partial charge on any atom is 0.279 e. The second kappa shape index (κ2) is 9.12. The Morgan fingerprint density at radius 3 is 2.64 bits per heavy atom. The Labute approximate surface area is 167 Å². The molecule has 148 valence electrons. The average molecular weight is 402 g/mol. The van der Waals surface area contributed by atoms with E-state index >= 15 is 0 Å². The Morgan fingerprint density at radius 1 is 1.21 bits per heavy atom. The molecule has 1 amide bonds. The molecule has 0 aliphatic rings. The van der Waals surface area contributed by atoms with Crippen LogP contribution in [0.3, 0.4) is 0 Å². The first kappa shape index (κ1) is 20.2. The van der Waals surface area contributed by atoms with Crippen LogP contribution in [0.15, 0.2) is 47.5 Å². The molecule has 3 rings (SSSR count). The van der Waals surface area contributed by atoms with Gasteiger partial charge in [0.2, 0.25) is 0 Å². The smallest absolute Gasteiger partial charge is 0.279 e. The van der Waals surface area contributed by atoms with E-state index in [0.29, 0.717) is 41.4 Å². The Kier molecular flexibility index (Phi) is 6.59. The van der Waals surface area contributed by atoms with Crippen molar-refractivity contribution in [2.75, 3.05) is 13.2 Å². The summed E-state index contributed by atoms with van der Waals surface area (Å²) >= 11 is 1.29. The van der Waals surface area contributed by atoms with Crippen molar-refractivity contribution < 1.29 is 18.7 Å². The number of fused-ring (bicyclic) bond motifs is 1. The second-order valence-corrected chi connectivity index (χ2v) is 7.44. The lowest BCUT2D eigenvalue weighted by molar-refractivity contribution is 0.0996. The van der Waals surface area contributed by atoms with Gasteiger partial charge in [0.1, 0.15) is 11.6 Å². The molecule has 0 atom stereocenters. The van der Waals surface area contributed by atoms with Gasteiger partial charge < -0.3 is 14.0 Å². The van der Waals surface area contributed by atoms with Crippen LogP contribution in [-0.4, -0.2) is 29.8 Å². The van der Waals surface area contributed by atoms with Crippen molar-refractivity contribution >= 4 is 27.5 Å². The van der Waals surface area contributed by atoms with Crippen LogP contribution in [-0.2, 0) is 11.3 Å². The summed E-state index contributed by atoms with van der Waals surface area (Å²) in [6.07, 6.45) is 0.0592. The summed E-state index contributed by atoms with van der Waals surface area (Å²) in [5, 5.41) is 0. The number of ether oxygens (including phenoxy) is 2. The molecule has 1 aromatic heterocycles. The first-order valence-corrected chi connectivity index (χ1v) is 10.0. The molecule has 0 spiro atoms. The maximum absolute atomic E-state index is 14.4. The van der Waals surface area contributed by atoms with Crippen LogP contribution in [0, 0.1) is 5.82 Å². The Balaban J connectivity index is 1.97. The van der Waals surface area contributed by atoms with E-state index < -0.39 is 0 Å². The van der Waals surface area contributed by atoms with Crippen molar-refractivity contribution in [1.82, 2.24) is 4.57 Å². The molecule has 0 fully saturated rings. The van der Waals surface area contributed by atoms with Gasteiger partial charge in [0.15, 0.2) is 4.80 Å². The number of nitrogens with zero attached hydrogens (tertiary/aromatic N) is 2. The molecule has 0 saturated heterocycles. The maximum atomic E-state index is 14.4. The number of carbonyl (C=O) groups excluding carboxylic acids is 1. The van der Waals surface area contributed by atoms with Gasteiger partial charge >= 0.3 is 0 Å². The van der Waals surface area contributed by atoms with Crippen LogP contribution in [0.5, 0.6) is 5.75 Å². The number of rotatable bonds is 7. The fourth-order valence-electron chi connectivity index (χ4n) is 2.78. The molecule has 0 radical (unpaired) electrons. The first-order valence-electron chi connectivity index (χ1n) is 9.21. The highest BCUT2D eigenvalue weighted by Crippen LogP contribution is 2.21. The zero-order valence-electron chi connectivity index (χ0n) is 16.1. The summed E-state index contributed by atoms with van der Waals surface area (Å²) < 4.78 is 27.8. The van der Waals surface area contributed by atoms with Crippen molar-refractivity contribution in [2.24, 2.45) is 4.99 Å². The summed E-state index contributed by atoms with van der Waals surface area (Å²) in [5.41, 5.74) is 0.893. The Bertz CT molecular complexity index is 1020. The molecule has 3 aromatic rings. The number of halogens is 1. The molecule has 0 bridgehead atoms. The summed E-state index contributed by atoms with van der Waals surface area (Å²) in [6.45, 7) is 7.19. The normalized spacial score (nSPS) is 12.1. The van der Waals surface area contributed by atoms with Crippen LogP contribution in [0.25, 0.3) is 10.2 Å². The standard InChI is InChI=1S/C21H23FN2O3S/c1-4-26-13-12-24-19-17(22)6-5-7-18(19)28-21(24)23-20(25)15-8-10-16(11-9-15)27-14(2)3/h5-11,14H,4,12-13H2,1-3H3. The topological polar surface area (TPSA) is 52.8 Å². The second-order valence-electron chi connectivity index (χ2n) is 6.43. The lowest BCUT2D eigenvalue weighted by Crippen LogP contribution is -2.20. The third-order valence-electron chi connectivity index (χ3n) is 3.99. The van der Waals surface area contributed by atoms with E-state index in [2.05, 4.69) is 4.99 Å². The van der Waals surface area contributed by atoms with Gasteiger partial charge in [-0.3, -0.25) is 4.79 Å². The van der Waals surface area contributed by atoms with Gasteiger partial charge in [0.25, 0.3) is 5.91 Å². The molecule has 5 nitrogen and oxygen atoms in total. The van der Waals surface area contributed by atoms with Gasteiger partial charge in [0.05, 0.1) is 22.9 Å². The van der Waals surface area contributed by atoms with E-state index in [1.54, 1.807) is 34.9 Å². The van der Waals surface area contributed by atoms with Crippen molar-refractivity contribution in [3.8, 4) is 5.75 Å². The Morgan fingerprint density at radius 2 is 1.96 bits per heavy atom. The number of hydrogen-bond donors (Lipinski definition) is 0. The van der Waals surface area contributed by atoms with Crippen LogP contribution < -0.4 is 9.54 Å². The molecule has 0 N–H and O–H groups in total. The number of aromatic nitrogens is 1. The van der Waals surface area contributed by atoms with E-state index in [0.717, 1.165) is 4.70 Å². The predicted molar refractivity (Wildman–Crippen MR) is 108 cm³/mol. The molecular formula is C21H23FN2O3S. The monoisotopic (exact) mass is 402 g/mol. The zero-order valence-corrected chi connectivity index (χ0v) is 17.0. The molecule has 0 aliphatic carbocycles. The summed E-state index contributed by atoms with van der Waals surface area (Å²) in [6, 6.07) is 11.7. The number of para-hydroxylation sites is 1. The van der Waals surface area contributed by atoms with E-state index in [1.165, 1.54) is 17.4 Å². The van der Waals surface area contributed by atoms with E-state index in [1.807, 2.05) is 26.8 Å². The molecule has 1 heterocycles. The number of hydrogen-bond acceptors (Lipinski definition) is 4. The van der Waals surface area contributed by atoms with Gasteiger partial charge in [-0.05, 0) is 57.2 Å². The quantitative estimate of drug-likeness (QED) is 0.550. The van der Waals surface area contributed by atoms with Crippen LogP contribution in [0.1, 0.15) is 31.1 Å². The number of thiazole rings is 1. The fourth-order valence-corrected chi connectivity index (χ4v) is 3.85. The summed E-state index contributed by atoms with van der Waals surface area (Å²) in [5.74, 6) is -0.0233. The lowest BCUT2D eigenvalue weighted by Gasteiger charge is -2.09. The number of amides is 1. The predicted octanol–water partition coefficient (Wildman–Crippen LogP) is 4.41. The zero-order chi connectivity index (χ0) is 20.1. The average Bonchev–Trinajstić information content (AvgIpc) is 3.00. The lowest BCUT2D eigenvalue weighted by atomic mass is 10.2. The fraction of sp³-hybridized carbons (Fsp3) is 0.333. The number of benzene rings is 2. The minimum absolute atomic E-state index is 0.0592. The van der Waals surface area contributed by atoms with Crippen molar-refractivity contribution in [2.45, 2.75) is 33.4 Å². The largest absolute Gasteiger partial charge is 0.491 e. The van der Waals surface area contributed by atoms with Crippen molar-refractivity contribution in [3.05, 3.63) is 58.6 Å². The highest BCUT2D eigenvalue weighted by molar-refractivity contribution is 7.16. The van der Waals surface area contributed by atoms with E-state index in [9.17, 15) is 9.18 Å². The summed E-state index contributed by atoms with van der Waals surface area (Å²) in [4.78, 5) is 17.4. The number of carbonyl (C=O) groups is 1. The third-order valence-corrected chi connectivity index (χ3v) is 5.03. The molecule has 0 aliphatic heterocycles. The van der Waals surface area contributed by atoms with E-state index in [-0.39, 0.29) is 17.8 Å². The first-order chi connectivity index (χ1) is 13.5. The van der Waals surface area contributed by atoms with Gasteiger partial charge in [-0.1, -0.05) is 17.4 Å². The van der Waals surface area contributed by atoms with E-state index in [4.69, 9.17) is 9.47 Å². The summed E-state index contributed by atoms with van der Waals surface area (Å²) in [7, 11) is 0. The molecule has 0 unspecified atom stereocenters. The van der Waals surface area contributed by atoms with Crippen LogP contribution in [0.2, 0.25) is 0 Å². The third kappa shape index (κ3) is 4.66. The molecule has 28 heavy (non-hydrogen) atoms. The van der Waals surface area contributed by atoms with Crippen molar-refractivity contribution in [1.29, 1.82) is 0 Å². The molecule has 0 saturated carbocycles. The SMILES string of the molecule is CCOCCn1c(=NC(=O)c2ccc(OC(C)C)cc2)sc2cccc(F)c21. The Hall–Kier alpha value is -2.51. The minimum Gasteiger partial charge on any atom is -0.491 e. The molecule has 7 heteroatoms. The highest BCUT2D eigenvalue weighted by atomic mass is 32.1. The van der Waals surface area contributed by atoms with Crippen LogP contribution in [0.4, 0.5) is 4.39 Å². The minimum atomic E-state index is -0.381. The van der Waals surface area contributed by atoms with Gasteiger partial charge in [-0.25, -0.2) is 4.39 Å².